The van der Waals surface area contributed by atoms with Crippen molar-refractivity contribution < 1.29 is 13.2 Å². The summed E-state index contributed by atoms with van der Waals surface area (Å²) in [6.07, 6.45) is 7.30. The summed E-state index contributed by atoms with van der Waals surface area (Å²) in [5, 5.41) is 6.70. The molecule has 1 atom stereocenters. The van der Waals surface area contributed by atoms with Gasteiger partial charge in [0.05, 0.1) is 5.75 Å². The zero-order chi connectivity index (χ0) is 21.3. The van der Waals surface area contributed by atoms with Crippen LogP contribution < -0.4 is 10.6 Å². The molecule has 2 rings (SSSR count). The van der Waals surface area contributed by atoms with E-state index in [1.165, 1.54) is 23.6 Å². The molecular weight excluding hydrogens is 390 g/mol. The molecule has 0 aromatic heterocycles. The smallest absolute Gasteiger partial charge is 0.225 e. The van der Waals surface area contributed by atoms with Crippen LogP contribution in [0.4, 0.5) is 0 Å². The second-order valence-corrected chi connectivity index (χ2v) is 10.4. The van der Waals surface area contributed by atoms with Gasteiger partial charge in [-0.1, -0.05) is 19.3 Å². The minimum atomic E-state index is -3.14. The number of hydrogen-bond acceptors (Lipinski definition) is 4. The maximum Gasteiger partial charge on any atom is 0.225 e. The molecule has 2 aliphatic rings. The summed E-state index contributed by atoms with van der Waals surface area (Å²) in [6, 6.07) is 0.212. The van der Waals surface area contributed by atoms with Gasteiger partial charge in [-0.05, 0) is 39.5 Å². The quantitative estimate of drug-likeness (QED) is 0.328. The third kappa shape index (κ3) is 7.44. The van der Waals surface area contributed by atoms with E-state index < -0.39 is 10.0 Å². The van der Waals surface area contributed by atoms with Gasteiger partial charge in [0.25, 0.3) is 0 Å². The van der Waals surface area contributed by atoms with Crippen molar-refractivity contribution in [2.24, 2.45) is 10.9 Å². The Bertz CT molecular complexity index is 647. The van der Waals surface area contributed by atoms with Crippen molar-refractivity contribution in [3.05, 3.63) is 0 Å². The lowest BCUT2D eigenvalue weighted by molar-refractivity contribution is -0.135. The topological polar surface area (TPSA) is 94.1 Å². The summed E-state index contributed by atoms with van der Waals surface area (Å²) >= 11 is 0. The van der Waals surface area contributed by atoms with Crippen LogP contribution in [0.5, 0.6) is 0 Å². The van der Waals surface area contributed by atoms with Crippen LogP contribution in [0.25, 0.3) is 0 Å². The van der Waals surface area contributed by atoms with Crippen LogP contribution in [-0.4, -0.2) is 81.1 Å². The normalized spacial score (nSPS) is 21.6. The highest BCUT2D eigenvalue weighted by molar-refractivity contribution is 7.89. The first kappa shape index (κ1) is 23.9. The lowest BCUT2D eigenvalue weighted by atomic mass is 9.88. The van der Waals surface area contributed by atoms with Gasteiger partial charge in [0.2, 0.25) is 15.9 Å². The van der Waals surface area contributed by atoms with E-state index in [1.807, 2.05) is 11.8 Å². The molecule has 9 heteroatoms. The largest absolute Gasteiger partial charge is 0.357 e. The molecule has 1 heterocycles. The molecule has 1 unspecified atom stereocenters. The molecule has 2 fully saturated rings. The lowest BCUT2D eigenvalue weighted by Gasteiger charge is -2.26. The van der Waals surface area contributed by atoms with Gasteiger partial charge in [0.1, 0.15) is 0 Å². The SMILES string of the molecule is CCNC(=NCCCN(C)S(=O)(=O)CC)NC1CCN(C(=O)C2CCCCC2)C1. The highest BCUT2D eigenvalue weighted by atomic mass is 32.2. The monoisotopic (exact) mass is 429 g/mol. The molecule has 29 heavy (non-hydrogen) atoms. The standard InChI is InChI=1S/C20H39N5O3S/c1-4-21-20(22-13-9-14-24(3)29(27,28)5-2)23-18-12-15-25(16-18)19(26)17-10-7-6-8-11-17/h17-18H,4-16H2,1-3H3,(H2,21,22,23). The predicted molar refractivity (Wildman–Crippen MR) is 117 cm³/mol. The van der Waals surface area contributed by atoms with Crippen molar-refractivity contribution >= 4 is 21.9 Å². The third-order valence-corrected chi connectivity index (χ3v) is 7.74. The van der Waals surface area contributed by atoms with Crippen molar-refractivity contribution in [1.82, 2.24) is 19.8 Å². The van der Waals surface area contributed by atoms with Gasteiger partial charge in [-0.15, -0.1) is 0 Å². The van der Waals surface area contributed by atoms with E-state index in [9.17, 15) is 13.2 Å². The molecule has 0 aromatic carbocycles. The molecule has 0 aromatic rings. The highest BCUT2D eigenvalue weighted by Gasteiger charge is 2.31. The van der Waals surface area contributed by atoms with Gasteiger partial charge < -0.3 is 15.5 Å². The number of amides is 1. The number of hydrogen-bond donors (Lipinski definition) is 2. The Labute approximate surface area is 176 Å². The van der Waals surface area contributed by atoms with E-state index in [4.69, 9.17) is 0 Å². The number of aliphatic imine (C=N–C) groups is 1. The van der Waals surface area contributed by atoms with E-state index in [0.29, 0.717) is 25.4 Å². The van der Waals surface area contributed by atoms with Crippen molar-refractivity contribution in [2.45, 2.75) is 64.8 Å². The first-order valence-electron chi connectivity index (χ1n) is 11.1. The van der Waals surface area contributed by atoms with Gasteiger partial charge in [-0.2, -0.15) is 0 Å². The van der Waals surface area contributed by atoms with E-state index in [-0.39, 0.29) is 17.7 Å². The molecule has 8 nitrogen and oxygen atoms in total. The fraction of sp³-hybridized carbons (Fsp3) is 0.900. The number of carbonyl (C=O) groups excluding carboxylic acids is 1. The summed E-state index contributed by atoms with van der Waals surface area (Å²) in [7, 11) is -1.52. The highest BCUT2D eigenvalue weighted by Crippen LogP contribution is 2.26. The molecule has 1 saturated carbocycles. The maximum absolute atomic E-state index is 12.7. The molecule has 1 aliphatic heterocycles. The fourth-order valence-corrected chi connectivity index (χ4v) is 4.89. The van der Waals surface area contributed by atoms with Crippen LogP contribution in [0, 0.1) is 5.92 Å². The Morgan fingerprint density at radius 1 is 1.17 bits per heavy atom. The number of guanidine groups is 1. The van der Waals surface area contributed by atoms with Crippen molar-refractivity contribution in [3.8, 4) is 0 Å². The average Bonchev–Trinajstić information content (AvgIpc) is 3.19. The van der Waals surface area contributed by atoms with E-state index in [1.54, 1.807) is 14.0 Å². The van der Waals surface area contributed by atoms with Gasteiger partial charge in [0, 0.05) is 51.7 Å². The number of likely N-dealkylation sites (tertiary alicyclic amines) is 1. The van der Waals surface area contributed by atoms with Crippen LogP contribution >= 0.6 is 0 Å². The second-order valence-electron chi connectivity index (χ2n) is 8.09. The summed E-state index contributed by atoms with van der Waals surface area (Å²) in [4.78, 5) is 19.3. The molecule has 2 N–H and O–H groups in total. The summed E-state index contributed by atoms with van der Waals surface area (Å²) < 4.78 is 25.0. The molecule has 1 aliphatic carbocycles. The summed E-state index contributed by atoms with van der Waals surface area (Å²) in [6.45, 7) is 6.99. The zero-order valence-electron chi connectivity index (χ0n) is 18.3. The average molecular weight is 430 g/mol. The van der Waals surface area contributed by atoms with Crippen molar-refractivity contribution in [1.29, 1.82) is 0 Å². The Morgan fingerprint density at radius 3 is 2.55 bits per heavy atom. The van der Waals surface area contributed by atoms with Crippen LogP contribution in [0.1, 0.15) is 58.8 Å². The number of nitrogens with zero attached hydrogens (tertiary/aromatic N) is 3. The van der Waals surface area contributed by atoms with Crippen LogP contribution in [0.3, 0.4) is 0 Å². The molecule has 0 bridgehead atoms. The zero-order valence-corrected chi connectivity index (χ0v) is 19.1. The molecular formula is C20H39N5O3S. The van der Waals surface area contributed by atoms with Crippen molar-refractivity contribution in [3.63, 3.8) is 0 Å². The van der Waals surface area contributed by atoms with E-state index in [2.05, 4.69) is 15.6 Å². The minimum absolute atomic E-state index is 0.120. The first-order valence-corrected chi connectivity index (χ1v) is 12.8. The molecule has 0 radical (unpaired) electrons. The van der Waals surface area contributed by atoms with Crippen LogP contribution in [0.2, 0.25) is 0 Å². The maximum atomic E-state index is 12.7. The van der Waals surface area contributed by atoms with Gasteiger partial charge >= 0.3 is 0 Å². The molecule has 168 valence electrons. The first-order chi connectivity index (χ1) is 13.9. The Kier molecular flexibility index (Phi) is 9.68. The molecule has 1 amide bonds. The fourth-order valence-electron chi connectivity index (χ4n) is 4.04. The number of rotatable bonds is 9. The summed E-state index contributed by atoms with van der Waals surface area (Å²) in [5.41, 5.74) is 0. The summed E-state index contributed by atoms with van der Waals surface area (Å²) in [5.74, 6) is 1.41. The van der Waals surface area contributed by atoms with Gasteiger partial charge in [0.15, 0.2) is 5.96 Å². The van der Waals surface area contributed by atoms with Crippen LogP contribution in [0.15, 0.2) is 4.99 Å². The molecule has 1 saturated heterocycles. The van der Waals surface area contributed by atoms with Gasteiger partial charge in [-0.3, -0.25) is 9.79 Å². The number of sulfonamides is 1. The van der Waals surface area contributed by atoms with E-state index in [0.717, 1.165) is 44.9 Å². The Morgan fingerprint density at radius 2 is 1.90 bits per heavy atom. The van der Waals surface area contributed by atoms with Crippen molar-refractivity contribution in [2.75, 3.05) is 45.5 Å². The Balaban J connectivity index is 1.79. The Hall–Kier alpha value is -1.35. The lowest BCUT2D eigenvalue weighted by Crippen LogP contribution is -2.45. The predicted octanol–water partition coefficient (Wildman–Crippen LogP) is 1.39. The van der Waals surface area contributed by atoms with Gasteiger partial charge in [-0.25, -0.2) is 12.7 Å². The minimum Gasteiger partial charge on any atom is -0.357 e. The number of nitrogens with one attached hydrogen (secondary N) is 2. The second kappa shape index (κ2) is 11.7. The third-order valence-electron chi connectivity index (χ3n) is 5.88. The van der Waals surface area contributed by atoms with Crippen LogP contribution in [-0.2, 0) is 14.8 Å². The number of carbonyl (C=O) groups is 1. The van der Waals surface area contributed by atoms with E-state index >= 15 is 0 Å². The molecule has 0 spiro atoms.